The average molecular weight is 365 g/mol. The Morgan fingerprint density at radius 3 is 2.04 bits per heavy atom. The lowest BCUT2D eigenvalue weighted by Crippen LogP contribution is -2.23. The van der Waals surface area contributed by atoms with Crippen molar-refractivity contribution in [1.82, 2.24) is 25.5 Å². The zero-order chi connectivity index (χ0) is 19.1. The van der Waals surface area contributed by atoms with Gasteiger partial charge in [-0.2, -0.15) is 5.21 Å². The minimum atomic E-state index is -0.250. The first-order chi connectivity index (χ1) is 13.2. The molecule has 0 saturated carbocycles. The van der Waals surface area contributed by atoms with Gasteiger partial charge in [0.25, 0.3) is 6.47 Å². The zero-order valence-electron chi connectivity index (χ0n) is 15.2. The summed E-state index contributed by atoms with van der Waals surface area (Å²) < 4.78 is 0. The van der Waals surface area contributed by atoms with Crippen LogP contribution in [0.15, 0.2) is 48.5 Å². The number of carbonyl (C=O) groups is 1. The Labute approximate surface area is 158 Å². The highest BCUT2D eigenvalue weighted by molar-refractivity contribution is 5.67. The number of carboxylic acid groups (broad SMARTS) is 1. The molecular weight excluding hydrogens is 342 g/mol. The van der Waals surface area contributed by atoms with Gasteiger partial charge in [-0.05, 0) is 54.8 Å². The van der Waals surface area contributed by atoms with Gasteiger partial charge in [-0.25, -0.2) is 0 Å². The maximum absolute atomic E-state index is 8.36. The number of benzene rings is 2. The van der Waals surface area contributed by atoms with E-state index in [1.165, 1.54) is 42.6 Å². The van der Waals surface area contributed by atoms with Gasteiger partial charge >= 0.3 is 0 Å². The van der Waals surface area contributed by atoms with E-state index in [1.807, 2.05) is 12.1 Å². The van der Waals surface area contributed by atoms with Crippen LogP contribution in [0.2, 0.25) is 0 Å². The summed E-state index contributed by atoms with van der Waals surface area (Å²) in [5, 5.41) is 21.0. The predicted molar refractivity (Wildman–Crippen MR) is 103 cm³/mol. The van der Waals surface area contributed by atoms with E-state index in [1.54, 1.807) is 0 Å². The molecule has 0 spiro atoms. The lowest BCUT2D eigenvalue weighted by molar-refractivity contribution is -0.122. The van der Waals surface area contributed by atoms with E-state index in [0.717, 1.165) is 5.56 Å². The number of tetrazole rings is 1. The summed E-state index contributed by atoms with van der Waals surface area (Å²) >= 11 is 0. The summed E-state index contributed by atoms with van der Waals surface area (Å²) in [4.78, 5) is 10.9. The highest BCUT2D eigenvalue weighted by atomic mass is 16.3. The highest BCUT2D eigenvalue weighted by Gasteiger charge is 2.19. The van der Waals surface area contributed by atoms with E-state index in [9.17, 15) is 0 Å². The first-order valence-corrected chi connectivity index (χ1v) is 8.99. The fraction of sp³-hybridized carbons (Fsp3) is 0.300. The Balaban J connectivity index is 0.000000659. The lowest BCUT2D eigenvalue weighted by Gasteiger charge is -2.24. The van der Waals surface area contributed by atoms with E-state index in [4.69, 9.17) is 9.90 Å². The SMILES string of the molecule is CC(c1ccc(-c2ccc(-c3nn[nH]n3)cc2)cc1)N1CCCC1.O=CO. The number of hydrogen-bond donors (Lipinski definition) is 2. The Morgan fingerprint density at radius 1 is 1.00 bits per heavy atom. The van der Waals surface area contributed by atoms with Crippen molar-refractivity contribution >= 4 is 6.47 Å². The van der Waals surface area contributed by atoms with E-state index >= 15 is 0 Å². The second-order valence-corrected chi connectivity index (χ2v) is 6.46. The number of aromatic amines is 1. The second kappa shape index (κ2) is 9.05. The maximum atomic E-state index is 8.36. The van der Waals surface area contributed by atoms with Crippen molar-refractivity contribution < 1.29 is 9.90 Å². The minimum Gasteiger partial charge on any atom is -0.483 e. The summed E-state index contributed by atoms with van der Waals surface area (Å²) in [6.07, 6.45) is 2.66. The fourth-order valence-corrected chi connectivity index (χ4v) is 3.39. The molecule has 1 aromatic heterocycles. The van der Waals surface area contributed by atoms with Gasteiger partial charge in [0.15, 0.2) is 0 Å². The number of nitrogens with one attached hydrogen (secondary N) is 1. The second-order valence-electron chi connectivity index (χ2n) is 6.46. The molecule has 2 aromatic carbocycles. The number of hydrogen-bond acceptors (Lipinski definition) is 5. The fourth-order valence-electron chi connectivity index (χ4n) is 3.39. The van der Waals surface area contributed by atoms with E-state index in [-0.39, 0.29) is 6.47 Å². The summed E-state index contributed by atoms with van der Waals surface area (Å²) in [5.74, 6) is 0.622. The third kappa shape index (κ3) is 4.57. The van der Waals surface area contributed by atoms with Gasteiger partial charge in [-0.15, -0.1) is 10.2 Å². The monoisotopic (exact) mass is 365 g/mol. The molecule has 7 heteroatoms. The smallest absolute Gasteiger partial charge is 0.290 e. The Kier molecular flexibility index (Phi) is 6.27. The molecule has 0 radical (unpaired) electrons. The standard InChI is InChI=1S/C19H21N5.CH2O2/c1-14(24-12-2-3-13-24)15-4-6-16(7-5-15)17-8-10-18(11-9-17)19-20-22-23-21-19;2-1-3/h4-11,14H,2-3,12-13H2,1H3,(H,20,21,22,23);1H,(H,2,3). The average Bonchev–Trinajstić information content (AvgIpc) is 3.42. The Hall–Kier alpha value is -3.06. The molecule has 7 nitrogen and oxygen atoms in total. The molecule has 1 aliphatic heterocycles. The molecule has 1 unspecified atom stereocenters. The zero-order valence-corrected chi connectivity index (χ0v) is 15.2. The Morgan fingerprint density at radius 2 is 1.52 bits per heavy atom. The van der Waals surface area contributed by atoms with Crippen molar-refractivity contribution in [1.29, 1.82) is 0 Å². The van der Waals surface area contributed by atoms with Gasteiger partial charge in [0.2, 0.25) is 5.82 Å². The third-order valence-corrected chi connectivity index (χ3v) is 4.90. The normalized spacial score (nSPS) is 15.0. The van der Waals surface area contributed by atoms with Crippen molar-refractivity contribution in [3.63, 3.8) is 0 Å². The van der Waals surface area contributed by atoms with Gasteiger partial charge in [-0.3, -0.25) is 9.69 Å². The van der Waals surface area contributed by atoms with Crippen molar-refractivity contribution in [2.45, 2.75) is 25.8 Å². The highest BCUT2D eigenvalue weighted by Crippen LogP contribution is 2.28. The van der Waals surface area contributed by atoms with Gasteiger partial charge in [0, 0.05) is 11.6 Å². The molecule has 2 heterocycles. The van der Waals surface area contributed by atoms with Crippen LogP contribution in [0, 0.1) is 0 Å². The van der Waals surface area contributed by atoms with Crippen LogP contribution in [0.1, 0.15) is 31.4 Å². The molecular formula is C20H23N5O2. The summed E-state index contributed by atoms with van der Waals surface area (Å²) in [5.41, 5.74) is 4.78. The van der Waals surface area contributed by atoms with E-state index in [0.29, 0.717) is 11.9 Å². The molecule has 0 bridgehead atoms. The number of likely N-dealkylation sites (tertiary alicyclic amines) is 1. The van der Waals surface area contributed by atoms with Crippen LogP contribution in [-0.2, 0) is 4.79 Å². The molecule has 0 aliphatic carbocycles. The number of H-pyrrole nitrogens is 1. The molecule has 140 valence electrons. The molecule has 1 atom stereocenters. The molecule has 2 N–H and O–H groups in total. The van der Waals surface area contributed by atoms with Crippen LogP contribution in [0.25, 0.3) is 22.5 Å². The van der Waals surface area contributed by atoms with Crippen LogP contribution in [0.3, 0.4) is 0 Å². The molecule has 1 fully saturated rings. The quantitative estimate of drug-likeness (QED) is 0.688. The summed E-state index contributed by atoms with van der Waals surface area (Å²) in [7, 11) is 0. The van der Waals surface area contributed by atoms with Gasteiger partial charge in [0.1, 0.15) is 0 Å². The van der Waals surface area contributed by atoms with Crippen molar-refractivity contribution in [3.8, 4) is 22.5 Å². The number of nitrogens with zero attached hydrogens (tertiary/aromatic N) is 4. The molecule has 3 aromatic rings. The summed E-state index contributed by atoms with van der Waals surface area (Å²) in [6.45, 7) is 4.50. The van der Waals surface area contributed by atoms with E-state index < -0.39 is 0 Å². The van der Waals surface area contributed by atoms with E-state index in [2.05, 4.69) is 68.8 Å². The largest absolute Gasteiger partial charge is 0.483 e. The molecule has 4 rings (SSSR count). The van der Waals surface area contributed by atoms with Gasteiger partial charge in [-0.1, -0.05) is 48.5 Å². The van der Waals surface area contributed by atoms with Crippen LogP contribution < -0.4 is 0 Å². The lowest BCUT2D eigenvalue weighted by atomic mass is 10.00. The Bertz CT molecular complexity index is 826. The first kappa shape index (κ1) is 18.7. The van der Waals surface area contributed by atoms with Crippen LogP contribution in [0.4, 0.5) is 0 Å². The van der Waals surface area contributed by atoms with Crippen molar-refractivity contribution in [2.75, 3.05) is 13.1 Å². The van der Waals surface area contributed by atoms with Gasteiger partial charge in [0.05, 0.1) is 0 Å². The molecule has 0 amide bonds. The third-order valence-electron chi connectivity index (χ3n) is 4.90. The number of rotatable bonds is 4. The van der Waals surface area contributed by atoms with Crippen LogP contribution in [0.5, 0.6) is 0 Å². The number of aromatic nitrogens is 4. The first-order valence-electron chi connectivity index (χ1n) is 8.99. The maximum Gasteiger partial charge on any atom is 0.290 e. The topological polar surface area (TPSA) is 95.0 Å². The van der Waals surface area contributed by atoms with Crippen molar-refractivity contribution in [2.24, 2.45) is 0 Å². The predicted octanol–water partition coefficient (Wildman–Crippen LogP) is 3.39. The molecule has 27 heavy (non-hydrogen) atoms. The van der Waals surface area contributed by atoms with Crippen molar-refractivity contribution in [3.05, 3.63) is 54.1 Å². The van der Waals surface area contributed by atoms with Crippen LogP contribution in [-0.4, -0.2) is 50.2 Å². The molecule has 1 saturated heterocycles. The molecule has 1 aliphatic rings. The summed E-state index contributed by atoms with van der Waals surface area (Å²) in [6, 6.07) is 17.7. The van der Waals surface area contributed by atoms with Crippen LogP contribution >= 0.6 is 0 Å². The van der Waals surface area contributed by atoms with Gasteiger partial charge < -0.3 is 5.11 Å². The minimum absolute atomic E-state index is 0.250.